The molecular formula is C14H27BrO4. The van der Waals surface area contributed by atoms with E-state index >= 15 is 0 Å². The zero-order valence-corrected chi connectivity index (χ0v) is 13.7. The Bertz CT molecular complexity index is 216. The molecule has 0 unspecified atom stereocenters. The molecule has 0 aromatic rings. The summed E-state index contributed by atoms with van der Waals surface area (Å²) in [7, 11) is 0. The molecule has 1 aliphatic rings. The van der Waals surface area contributed by atoms with Crippen LogP contribution in [0.25, 0.3) is 0 Å². The highest BCUT2D eigenvalue weighted by atomic mass is 79.9. The maximum atomic E-state index is 5.88. The van der Waals surface area contributed by atoms with Gasteiger partial charge in [0, 0.05) is 26.1 Å². The Balaban J connectivity index is 2.26. The average molecular weight is 339 g/mol. The molecule has 0 radical (unpaired) electrons. The van der Waals surface area contributed by atoms with Crippen molar-refractivity contribution in [3.05, 3.63) is 0 Å². The number of halogens is 1. The van der Waals surface area contributed by atoms with Crippen LogP contribution in [0, 0.1) is 0 Å². The molecule has 0 amide bonds. The molecule has 3 atom stereocenters. The van der Waals surface area contributed by atoms with Gasteiger partial charge in [0.2, 0.25) is 0 Å². The monoisotopic (exact) mass is 338 g/mol. The van der Waals surface area contributed by atoms with Crippen LogP contribution in [0.3, 0.4) is 0 Å². The molecule has 0 aromatic heterocycles. The Morgan fingerprint density at radius 2 is 1.84 bits per heavy atom. The van der Waals surface area contributed by atoms with Gasteiger partial charge in [-0.3, -0.25) is 3.83 Å². The molecule has 0 bridgehead atoms. The summed E-state index contributed by atoms with van der Waals surface area (Å²) in [5.74, 6) is 0. The fraction of sp³-hybridized carbons (Fsp3) is 1.00. The van der Waals surface area contributed by atoms with Crippen molar-refractivity contribution in [1.82, 2.24) is 0 Å². The van der Waals surface area contributed by atoms with Crippen LogP contribution in [0.15, 0.2) is 0 Å². The van der Waals surface area contributed by atoms with Crippen LogP contribution in [0.5, 0.6) is 0 Å². The van der Waals surface area contributed by atoms with E-state index in [-0.39, 0.29) is 18.5 Å². The quantitative estimate of drug-likeness (QED) is 0.567. The minimum Gasteiger partial charge on any atom is -0.379 e. The second kappa shape index (κ2) is 11.0. The minimum absolute atomic E-state index is 0.0692. The molecule has 1 rings (SSSR count). The van der Waals surface area contributed by atoms with Crippen molar-refractivity contribution in [3.63, 3.8) is 0 Å². The Hall–Kier alpha value is 0.320. The lowest BCUT2D eigenvalue weighted by molar-refractivity contribution is -0.190. The van der Waals surface area contributed by atoms with Crippen LogP contribution in [-0.4, -0.2) is 38.3 Å². The third-order valence-corrected chi connectivity index (χ3v) is 3.64. The highest BCUT2D eigenvalue weighted by molar-refractivity contribution is 9.06. The fourth-order valence-electron chi connectivity index (χ4n) is 2.09. The van der Waals surface area contributed by atoms with Gasteiger partial charge in [-0.2, -0.15) is 0 Å². The van der Waals surface area contributed by atoms with Crippen LogP contribution in [0.4, 0.5) is 0 Å². The molecule has 5 heteroatoms. The first kappa shape index (κ1) is 17.4. The van der Waals surface area contributed by atoms with Gasteiger partial charge >= 0.3 is 0 Å². The molecule has 0 saturated carbocycles. The summed E-state index contributed by atoms with van der Waals surface area (Å²) < 4.78 is 22.4. The highest BCUT2D eigenvalue weighted by Crippen LogP contribution is 2.24. The Labute approximate surface area is 125 Å². The van der Waals surface area contributed by atoms with Gasteiger partial charge in [0.1, 0.15) is 16.3 Å². The van der Waals surface area contributed by atoms with Gasteiger partial charge in [0.25, 0.3) is 0 Å². The zero-order chi connectivity index (χ0) is 13.9. The van der Waals surface area contributed by atoms with Crippen LogP contribution < -0.4 is 0 Å². The predicted octanol–water partition coefficient (Wildman–Crippen LogP) is 3.82. The van der Waals surface area contributed by atoms with Gasteiger partial charge in [0.15, 0.2) is 6.29 Å². The maximum absolute atomic E-state index is 5.88. The summed E-state index contributed by atoms with van der Waals surface area (Å²) >= 11 is 3.02. The fourth-order valence-corrected chi connectivity index (χ4v) is 2.33. The van der Waals surface area contributed by atoms with Crippen molar-refractivity contribution in [2.24, 2.45) is 0 Å². The number of hydrogen-bond acceptors (Lipinski definition) is 4. The Morgan fingerprint density at radius 3 is 2.53 bits per heavy atom. The molecule has 19 heavy (non-hydrogen) atoms. The van der Waals surface area contributed by atoms with Crippen molar-refractivity contribution >= 4 is 16.3 Å². The van der Waals surface area contributed by atoms with Crippen molar-refractivity contribution in [2.75, 3.05) is 19.8 Å². The van der Waals surface area contributed by atoms with Gasteiger partial charge in [-0.05, 0) is 12.8 Å². The largest absolute Gasteiger partial charge is 0.379 e. The number of rotatable bonds is 10. The average Bonchev–Trinajstić information content (AvgIpc) is 2.44. The predicted molar refractivity (Wildman–Crippen MR) is 78.3 cm³/mol. The Morgan fingerprint density at radius 1 is 1.11 bits per heavy atom. The normalized spacial score (nSPS) is 27.6. The lowest BCUT2D eigenvalue weighted by Crippen LogP contribution is -2.39. The van der Waals surface area contributed by atoms with E-state index < -0.39 is 0 Å². The summed E-state index contributed by atoms with van der Waals surface area (Å²) in [6, 6.07) is 0. The molecule has 4 nitrogen and oxygen atoms in total. The van der Waals surface area contributed by atoms with E-state index in [0.717, 1.165) is 51.7 Å². The van der Waals surface area contributed by atoms with E-state index in [2.05, 4.69) is 30.1 Å². The summed E-state index contributed by atoms with van der Waals surface area (Å²) in [4.78, 5) is 0. The van der Waals surface area contributed by atoms with E-state index in [9.17, 15) is 0 Å². The second-order valence-electron chi connectivity index (χ2n) is 5.02. The number of ether oxygens (including phenoxy) is 3. The number of hydrogen-bond donors (Lipinski definition) is 0. The third-order valence-electron chi connectivity index (χ3n) is 3.22. The van der Waals surface area contributed by atoms with E-state index in [1.54, 1.807) is 0 Å². The topological polar surface area (TPSA) is 36.9 Å². The lowest BCUT2D eigenvalue weighted by Gasteiger charge is -2.33. The molecule has 114 valence electrons. The van der Waals surface area contributed by atoms with E-state index in [0.29, 0.717) is 6.61 Å². The molecule has 0 N–H and O–H groups in total. The smallest absolute Gasteiger partial charge is 0.173 e. The van der Waals surface area contributed by atoms with Crippen LogP contribution in [0.1, 0.15) is 52.4 Å². The molecule has 0 spiro atoms. The summed E-state index contributed by atoms with van der Waals surface area (Å²) in [6.45, 7) is 6.58. The van der Waals surface area contributed by atoms with Gasteiger partial charge in [-0.15, -0.1) is 0 Å². The van der Waals surface area contributed by atoms with Gasteiger partial charge < -0.3 is 14.2 Å². The summed E-state index contributed by atoms with van der Waals surface area (Å²) in [6.07, 6.45) is 6.23. The van der Waals surface area contributed by atoms with Crippen molar-refractivity contribution in [1.29, 1.82) is 0 Å². The summed E-state index contributed by atoms with van der Waals surface area (Å²) in [5, 5.41) is 0. The Kier molecular flexibility index (Phi) is 10.1. The van der Waals surface area contributed by atoms with Gasteiger partial charge in [-0.1, -0.05) is 26.7 Å². The molecule has 0 aromatic carbocycles. The molecule has 1 aliphatic heterocycles. The summed E-state index contributed by atoms with van der Waals surface area (Å²) in [5.41, 5.74) is 0. The van der Waals surface area contributed by atoms with E-state index in [4.69, 9.17) is 18.0 Å². The van der Waals surface area contributed by atoms with Crippen LogP contribution in [0.2, 0.25) is 0 Å². The van der Waals surface area contributed by atoms with Crippen LogP contribution in [-0.2, 0) is 18.0 Å². The molecular weight excluding hydrogens is 312 g/mol. The first-order chi connectivity index (χ1) is 9.30. The maximum Gasteiger partial charge on any atom is 0.173 e. The second-order valence-corrected chi connectivity index (χ2v) is 5.40. The van der Waals surface area contributed by atoms with Crippen LogP contribution >= 0.6 is 16.3 Å². The lowest BCUT2D eigenvalue weighted by atomic mass is 10.1. The standard InChI is InChI=1S/C14H27BrO4/c1-3-5-7-16-11-13-9-12(17-8-6-4-2)10-14(18-13)19-15/h12-14H,3-11H2,1-2H3/t12-,13-,14-/m0/s1. The molecule has 1 fully saturated rings. The first-order valence-corrected chi connectivity index (χ1v) is 8.07. The number of unbranched alkanes of at least 4 members (excludes halogenated alkanes) is 2. The zero-order valence-electron chi connectivity index (χ0n) is 12.1. The van der Waals surface area contributed by atoms with Crippen molar-refractivity contribution in [3.8, 4) is 0 Å². The van der Waals surface area contributed by atoms with Gasteiger partial charge in [-0.25, -0.2) is 0 Å². The van der Waals surface area contributed by atoms with Gasteiger partial charge in [0.05, 0.1) is 18.8 Å². The third kappa shape index (κ3) is 7.61. The van der Waals surface area contributed by atoms with E-state index in [1.807, 2.05) is 0 Å². The minimum atomic E-state index is -0.236. The van der Waals surface area contributed by atoms with Crippen molar-refractivity contribution < 1.29 is 18.0 Å². The molecule has 1 heterocycles. The molecule has 0 aliphatic carbocycles. The van der Waals surface area contributed by atoms with Crippen molar-refractivity contribution in [2.45, 2.75) is 70.9 Å². The SMILES string of the molecule is CCCCOC[C@@H]1C[C@H](OCCCC)C[C@H](OBr)O1. The molecule has 1 saturated heterocycles. The highest BCUT2D eigenvalue weighted by Gasteiger charge is 2.30. The first-order valence-electron chi connectivity index (χ1n) is 7.42. The van der Waals surface area contributed by atoms with E-state index in [1.165, 1.54) is 0 Å².